The van der Waals surface area contributed by atoms with E-state index in [1.54, 1.807) is 21.3 Å². The molecule has 1 fully saturated rings. The first-order chi connectivity index (χ1) is 9.80. The quantitative estimate of drug-likeness (QED) is 0.868. The molecule has 1 saturated heterocycles. The predicted octanol–water partition coefficient (Wildman–Crippen LogP) is 2.53. The molecule has 1 N–H and O–H groups in total. The van der Waals surface area contributed by atoms with Crippen molar-refractivity contribution in [1.29, 1.82) is 0 Å². The highest BCUT2D eigenvalue weighted by Gasteiger charge is 2.19. The van der Waals surface area contributed by atoms with Crippen LogP contribution in [0.15, 0.2) is 12.1 Å². The lowest BCUT2D eigenvalue weighted by atomic mass is 9.96. The number of piperidine rings is 1. The minimum Gasteiger partial charge on any atom is -0.493 e. The highest BCUT2D eigenvalue weighted by molar-refractivity contribution is 5.52. The molecule has 1 aromatic rings. The van der Waals surface area contributed by atoms with E-state index in [1.807, 2.05) is 0 Å². The van der Waals surface area contributed by atoms with Gasteiger partial charge in [-0.15, -0.1) is 0 Å². The van der Waals surface area contributed by atoms with Gasteiger partial charge in [0.2, 0.25) is 0 Å². The van der Waals surface area contributed by atoms with Crippen molar-refractivity contribution in [2.45, 2.75) is 38.3 Å². The van der Waals surface area contributed by atoms with E-state index in [1.165, 1.54) is 24.8 Å². The Morgan fingerprint density at radius 2 is 1.75 bits per heavy atom. The second-order valence-electron chi connectivity index (χ2n) is 5.23. The maximum Gasteiger partial charge on any atom is 0.166 e. The minimum absolute atomic E-state index is 0.529. The van der Waals surface area contributed by atoms with Gasteiger partial charge in [-0.1, -0.05) is 18.6 Å². The average Bonchev–Trinajstić information content (AvgIpc) is 2.49. The number of benzene rings is 1. The van der Waals surface area contributed by atoms with Crippen molar-refractivity contribution >= 4 is 0 Å². The molecule has 0 saturated carbocycles. The summed E-state index contributed by atoms with van der Waals surface area (Å²) in [5, 5.41) is 3.58. The van der Waals surface area contributed by atoms with Gasteiger partial charge in [0, 0.05) is 18.7 Å². The van der Waals surface area contributed by atoms with Crippen LogP contribution in [0, 0.1) is 0 Å². The van der Waals surface area contributed by atoms with Crippen LogP contribution in [0.3, 0.4) is 0 Å². The first-order valence-corrected chi connectivity index (χ1v) is 7.25. The van der Waals surface area contributed by atoms with Gasteiger partial charge in [-0.25, -0.2) is 0 Å². The zero-order valence-corrected chi connectivity index (χ0v) is 12.7. The summed E-state index contributed by atoms with van der Waals surface area (Å²) >= 11 is 0. The van der Waals surface area contributed by atoms with Crippen LogP contribution in [0.5, 0.6) is 11.5 Å². The molecule has 1 heterocycles. The van der Waals surface area contributed by atoms with Gasteiger partial charge >= 0.3 is 0 Å². The largest absolute Gasteiger partial charge is 0.493 e. The standard InChI is InChI=1S/C16H25NO3/c1-18-11-13-8-7-12(15(19-2)16(13)20-3)10-14-6-4-5-9-17-14/h7-8,14,17H,4-6,9-11H2,1-3H3. The number of nitrogens with one attached hydrogen (secondary N) is 1. The fraction of sp³-hybridized carbons (Fsp3) is 0.625. The number of rotatable bonds is 6. The van der Waals surface area contributed by atoms with Crippen molar-refractivity contribution in [2.24, 2.45) is 0 Å². The molecule has 0 aromatic heterocycles. The van der Waals surface area contributed by atoms with Gasteiger partial charge in [0.1, 0.15) is 0 Å². The second-order valence-corrected chi connectivity index (χ2v) is 5.23. The number of ether oxygens (including phenoxy) is 3. The van der Waals surface area contributed by atoms with Crippen molar-refractivity contribution in [2.75, 3.05) is 27.9 Å². The summed E-state index contributed by atoms with van der Waals surface area (Å²) < 4.78 is 16.3. The fourth-order valence-corrected chi connectivity index (χ4v) is 2.89. The molecule has 0 amide bonds. The fourth-order valence-electron chi connectivity index (χ4n) is 2.89. The van der Waals surface area contributed by atoms with E-state index in [0.29, 0.717) is 12.6 Å². The second kappa shape index (κ2) is 7.50. The Kier molecular flexibility index (Phi) is 5.68. The summed E-state index contributed by atoms with van der Waals surface area (Å²) in [6.45, 7) is 1.65. The van der Waals surface area contributed by atoms with E-state index in [9.17, 15) is 0 Å². The van der Waals surface area contributed by atoms with E-state index in [4.69, 9.17) is 14.2 Å². The third-order valence-corrected chi connectivity index (χ3v) is 3.86. The van der Waals surface area contributed by atoms with Crippen LogP contribution >= 0.6 is 0 Å². The Bertz CT molecular complexity index is 428. The van der Waals surface area contributed by atoms with Crippen LogP contribution < -0.4 is 14.8 Å². The van der Waals surface area contributed by atoms with Gasteiger partial charge in [0.05, 0.1) is 20.8 Å². The van der Waals surface area contributed by atoms with Crippen LogP contribution in [0.1, 0.15) is 30.4 Å². The van der Waals surface area contributed by atoms with E-state index in [0.717, 1.165) is 30.0 Å². The van der Waals surface area contributed by atoms with Crippen molar-refractivity contribution in [1.82, 2.24) is 5.32 Å². The maximum atomic E-state index is 5.59. The molecule has 0 aliphatic carbocycles. The van der Waals surface area contributed by atoms with E-state index in [-0.39, 0.29) is 0 Å². The van der Waals surface area contributed by atoms with Gasteiger partial charge in [-0.3, -0.25) is 0 Å². The zero-order chi connectivity index (χ0) is 14.4. The predicted molar refractivity (Wildman–Crippen MR) is 79.6 cm³/mol. The third kappa shape index (κ3) is 3.44. The van der Waals surface area contributed by atoms with Crippen molar-refractivity contribution in [3.8, 4) is 11.5 Å². The molecule has 4 heteroatoms. The monoisotopic (exact) mass is 279 g/mol. The molecule has 4 nitrogen and oxygen atoms in total. The number of hydrogen-bond donors (Lipinski definition) is 1. The summed E-state index contributed by atoms with van der Waals surface area (Å²) in [4.78, 5) is 0. The number of hydrogen-bond acceptors (Lipinski definition) is 4. The van der Waals surface area contributed by atoms with Gasteiger partial charge < -0.3 is 19.5 Å². The summed E-state index contributed by atoms with van der Waals surface area (Å²) in [6, 6.07) is 4.74. The summed E-state index contributed by atoms with van der Waals surface area (Å²) in [6.07, 6.45) is 4.79. The molecule has 1 aromatic carbocycles. The highest BCUT2D eigenvalue weighted by Crippen LogP contribution is 2.36. The Morgan fingerprint density at radius 3 is 2.35 bits per heavy atom. The third-order valence-electron chi connectivity index (χ3n) is 3.86. The smallest absolute Gasteiger partial charge is 0.166 e. The molecular weight excluding hydrogens is 254 g/mol. The SMILES string of the molecule is COCc1ccc(CC2CCCCN2)c(OC)c1OC. The molecule has 20 heavy (non-hydrogen) atoms. The van der Waals surface area contributed by atoms with Gasteiger partial charge in [-0.05, 0) is 31.4 Å². The Morgan fingerprint density at radius 1 is 1.05 bits per heavy atom. The van der Waals surface area contributed by atoms with Gasteiger partial charge in [-0.2, -0.15) is 0 Å². The molecule has 1 unspecified atom stereocenters. The molecule has 0 radical (unpaired) electrons. The lowest BCUT2D eigenvalue weighted by molar-refractivity contribution is 0.180. The lowest BCUT2D eigenvalue weighted by Crippen LogP contribution is -2.35. The van der Waals surface area contributed by atoms with E-state index in [2.05, 4.69) is 17.4 Å². The normalized spacial score (nSPS) is 18.9. The van der Waals surface area contributed by atoms with Gasteiger partial charge in [0.25, 0.3) is 0 Å². The molecule has 1 aliphatic rings. The summed E-state index contributed by atoms with van der Waals surface area (Å²) in [5.74, 6) is 1.64. The number of methoxy groups -OCH3 is 3. The van der Waals surface area contributed by atoms with Crippen molar-refractivity contribution in [3.05, 3.63) is 23.3 Å². The van der Waals surface area contributed by atoms with E-state index < -0.39 is 0 Å². The zero-order valence-electron chi connectivity index (χ0n) is 12.7. The Balaban J connectivity index is 2.23. The van der Waals surface area contributed by atoms with Crippen LogP contribution in [0.25, 0.3) is 0 Å². The molecule has 1 atom stereocenters. The maximum absolute atomic E-state index is 5.59. The van der Waals surface area contributed by atoms with Crippen LogP contribution in [0.4, 0.5) is 0 Å². The first kappa shape index (κ1) is 15.1. The van der Waals surface area contributed by atoms with E-state index >= 15 is 0 Å². The molecule has 2 rings (SSSR count). The molecule has 0 spiro atoms. The Labute approximate surface area is 121 Å². The molecule has 0 bridgehead atoms. The molecule has 1 aliphatic heterocycles. The molecular formula is C16H25NO3. The highest BCUT2D eigenvalue weighted by atomic mass is 16.5. The van der Waals surface area contributed by atoms with Crippen LogP contribution in [-0.2, 0) is 17.8 Å². The van der Waals surface area contributed by atoms with Crippen molar-refractivity contribution < 1.29 is 14.2 Å². The van der Waals surface area contributed by atoms with Crippen LogP contribution in [-0.4, -0.2) is 33.9 Å². The lowest BCUT2D eigenvalue weighted by Gasteiger charge is -2.25. The average molecular weight is 279 g/mol. The van der Waals surface area contributed by atoms with Crippen molar-refractivity contribution in [3.63, 3.8) is 0 Å². The summed E-state index contributed by atoms with van der Waals surface area (Å²) in [7, 11) is 5.07. The Hall–Kier alpha value is -1.26. The van der Waals surface area contributed by atoms with Crippen LogP contribution in [0.2, 0.25) is 0 Å². The molecule has 112 valence electrons. The van der Waals surface area contributed by atoms with Gasteiger partial charge in [0.15, 0.2) is 11.5 Å². The topological polar surface area (TPSA) is 39.7 Å². The minimum atomic E-state index is 0.529. The summed E-state index contributed by atoms with van der Waals surface area (Å²) in [5.41, 5.74) is 2.22. The first-order valence-electron chi connectivity index (χ1n) is 7.25.